The van der Waals surface area contributed by atoms with Crippen LogP contribution >= 0.6 is 0 Å². The molecule has 1 fully saturated rings. The minimum absolute atomic E-state index is 0.188. The lowest BCUT2D eigenvalue weighted by Gasteiger charge is -2.34. The van der Waals surface area contributed by atoms with Crippen LogP contribution in [0.25, 0.3) is 0 Å². The number of amides is 1. The zero-order valence-electron chi connectivity index (χ0n) is 9.12. The molecular weight excluding hydrogens is 182 g/mol. The Kier molecular flexibility index (Phi) is 3.50. The molecule has 0 saturated carbocycles. The van der Waals surface area contributed by atoms with E-state index in [1.807, 2.05) is 0 Å². The number of hydrogen-bond acceptors (Lipinski definition) is 3. The largest absolute Gasteiger partial charge is 0.381 e. The Hall–Kier alpha value is -0.610. The Labute approximate surface area is 84.8 Å². The van der Waals surface area contributed by atoms with E-state index in [0.717, 1.165) is 12.8 Å². The SMILES string of the molecule is COC1CCN(C(=O)C(C)(C)O)CC1. The minimum atomic E-state index is -1.25. The van der Waals surface area contributed by atoms with Gasteiger partial charge in [-0.25, -0.2) is 0 Å². The average Bonchev–Trinajstić information content (AvgIpc) is 2.15. The summed E-state index contributed by atoms with van der Waals surface area (Å²) < 4.78 is 5.20. The van der Waals surface area contributed by atoms with Gasteiger partial charge in [-0.1, -0.05) is 0 Å². The number of nitrogens with zero attached hydrogens (tertiary/aromatic N) is 1. The van der Waals surface area contributed by atoms with Gasteiger partial charge in [0, 0.05) is 20.2 Å². The second kappa shape index (κ2) is 4.28. The summed E-state index contributed by atoms with van der Waals surface area (Å²) in [6.45, 7) is 4.41. The van der Waals surface area contributed by atoms with Crippen molar-refractivity contribution >= 4 is 5.91 Å². The van der Waals surface area contributed by atoms with E-state index in [-0.39, 0.29) is 12.0 Å². The number of hydrogen-bond donors (Lipinski definition) is 1. The summed E-state index contributed by atoms with van der Waals surface area (Å²) in [4.78, 5) is 13.4. The molecule has 1 amide bonds. The van der Waals surface area contributed by atoms with Crippen LogP contribution in [0.2, 0.25) is 0 Å². The maximum Gasteiger partial charge on any atom is 0.253 e. The molecule has 0 unspecified atom stereocenters. The molecule has 0 bridgehead atoms. The summed E-state index contributed by atoms with van der Waals surface area (Å²) in [7, 11) is 1.69. The number of methoxy groups -OCH3 is 1. The van der Waals surface area contributed by atoms with Gasteiger partial charge >= 0.3 is 0 Å². The number of piperidine rings is 1. The third-order valence-corrected chi connectivity index (χ3v) is 2.59. The van der Waals surface area contributed by atoms with Gasteiger partial charge in [-0.05, 0) is 26.7 Å². The molecule has 1 rings (SSSR count). The fourth-order valence-corrected chi connectivity index (χ4v) is 1.68. The zero-order chi connectivity index (χ0) is 10.8. The van der Waals surface area contributed by atoms with Gasteiger partial charge in [0.2, 0.25) is 0 Å². The summed E-state index contributed by atoms with van der Waals surface area (Å²) in [5.74, 6) is -0.188. The Bertz CT molecular complexity index is 202. The topological polar surface area (TPSA) is 49.8 Å². The number of aliphatic hydroxyl groups is 1. The van der Waals surface area contributed by atoms with Crippen LogP contribution in [0, 0.1) is 0 Å². The number of carbonyl (C=O) groups excluding carboxylic acids is 1. The van der Waals surface area contributed by atoms with E-state index >= 15 is 0 Å². The summed E-state index contributed by atoms with van der Waals surface area (Å²) in [5, 5.41) is 9.54. The van der Waals surface area contributed by atoms with Crippen molar-refractivity contribution in [3.8, 4) is 0 Å². The van der Waals surface area contributed by atoms with Crippen LogP contribution in [0.4, 0.5) is 0 Å². The molecule has 4 heteroatoms. The molecule has 1 aliphatic heterocycles. The Morgan fingerprint density at radius 2 is 1.93 bits per heavy atom. The highest BCUT2D eigenvalue weighted by Gasteiger charge is 2.31. The normalized spacial score (nSPS) is 19.9. The van der Waals surface area contributed by atoms with Crippen LogP contribution in [0.5, 0.6) is 0 Å². The number of rotatable bonds is 2. The van der Waals surface area contributed by atoms with Crippen molar-refractivity contribution in [1.82, 2.24) is 4.90 Å². The summed E-state index contributed by atoms with van der Waals surface area (Å²) in [6, 6.07) is 0. The van der Waals surface area contributed by atoms with E-state index in [9.17, 15) is 9.90 Å². The maximum absolute atomic E-state index is 11.6. The van der Waals surface area contributed by atoms with E-state index in [4.69, 9.17) is 4.74 Å². The van der Waals surface area contributed by atoms with Crippen LogP contribution < -0.4 is 0 Å². The number of likely N-dealkylation sites (tertiary alicyclic amines) is 1. The first kappa shape index (κ1) is 11.5. The van der Waals surface area contributed by atoms with Crippen molar-refractivity contribution in [3.05, 3.63) is 0 Å². The van der Waals surface area contributed by atoms with Gasteiger partial charge in [0.1, 0.15) is 5.60 Å². The fourth-order valence-electron chi connectivity index (χ4n) is 1.68. The zero-order valence-corrected chi connectivity index (χ0v) is 9.12. The van der Waals surface area contributed by atoms with Crippen molar-refractivity contribution in [2.75, 3.05) is 20.2 Å². The second-order valence-electron chi connectivity index (χ2n) is 4.29. The van der Waals surface area contributed by atoms with Crippen molar-refractivity contribution in [2.24, 2.45) is 0 Å². The Morgan fingerprint density at radius 1 is 1.43 bits per heavy atom. The lowest BCUT2D eigenvalue weighted by molar-refractivity contribution is -0.150. The predicted molar refractivity (Wildman–Crippen MR) is 52.9 cm³/mol. The molecule has 14 heavy (non-hydrogen) atoms. The first-order valence-corrected chi connectivity index (χ1v) is 4.99. The molecule has 0 atom stereocenters. The van der Waals surface area contributed by atoms with E-state index in [2.05, 4.69) is 0 Å². The van der Waals surface area contributed by atoms with Crippen molar-refractivity contribution in [3.63, 3.8) is 0 Å². The monoisotopic (exact) mass is 201 g/mol. The first-order chi connectivity index (χ1) is 6.45. The molecule has 0 aromatic heterocycles. The third-order valence-electron chi connectivity index (χ3n) is 2.59. The molecule has 1 saturated heterocycles. The number of ether oxygens (including phenoxy) is 1. The second-order valence-corrected chi connectivity index (χ2v) is 4.29. The molecule has 0 aromatic rings. The lowest BCUT2D eigenvalue weighted by Crippen LogP contribution is -2.49. The van der Waals surface area contributed by atoms with Crippen LogP contribution in [-0.4, -0.2) is 47.8 Å². The van der Waals surface area contributed by atoms with Gasteiger partial charge in [0.05, 0.1) is 6.10 Å². The van der Waals surface area contributed by atoms with Crippen LogP contribution in [-0.2, 0) is 9.53 Å². The van der Waals surface area contributed by atoms with Crippen molar-refractivity contribution < 1.29 is 14.6 Å². The predicted octanol–water partition coefficient (Wildman–Crippen LogP) is 0.395. The first-order valence-electron chi connectivity index (χ1n) is 4.99. The quantitative estimate of drug-likeness (QED) is 0.703. The van der Waals surface area contributed by atoms with Gasteiger partial charge in [0.15, 0.2) is 0 Å². The van der Waals surface area contributed by atoms with Crippen LogP contribution in [0.1, 0.15) is 26.7 Å². The summed E-state index contributed by atoms with van der Waals surface area (Å²) in [6.07, 6.45) is 1.98. The Balaban J connectivity index is 2.46. The van der Waals surface area contributed by atoms with Gasteiger partial charge < -0.3 is 14.7 Å². The minimum Gasteiger partial charge on any atom is -0.381 e. The number of carbonyl (C=O) groups is 1. The highest BCUT2D eigenvalue weighted by atomic mass is 16.5. The molecule has 0 aromatic carbocycles. The van der Waals surface area contributed by atoms with E-state index in [1.165, 1.54) is 13.8 Å². The molecule has 1 N–H and O–H groups in total. The highest BCUT2D eigenvalue weighted by molar-refractivity contribution is 5.84. The van der Waals surface area contributed by atoms with Crippen LogP contribution in [0.15, 0.2) is 0 Å². The molecule has 82 valence electrons. The molecule has 0 spiro atoms. The van der Waals surface area contributed by atoms with Crippen molar-refractivity contribution in [1.29, 1.82) is 0 Å². The standard InChI is InChI=1S/C10H19NO3/c1-10(2,13)9(12)11-6-4-8(14-3)5-7-11/h8,13H,4-7H2,1-3H3. The average molecular weight is 201 g/mol. The Morgan fingerprint density at radius 3 is 2.29 bits per heavy atom. The van der Waals surface area contributed by atoms with Gasteiger partial charge in [-0.3, -0.25) is 4.79 Å². The molecular formula is C10H19NO3. The highest BCUT2D eigenvalue weighted by Crippen LogP contribution is 2.16. The van der Waals surface area contributed by atoms with E-state index in [0.29, 0.717) is 13.1 Å². The van der Waals surface area contributed by atoms with E-state index < -0.39 is 5.60 Å². The molecule has 0 aliphatic carbocycles. The summed E-state index contributed by atoms with van der Waals surface area (Å²) in [5.41, 5.74) is -1.25. The third kappa shape index (κ3) is 2.69. The van der Waals surface area contributed by atoms with E-state index in [1.54, 1.807) is 12.0 Å². The van der Waals surface area contributed by atoms with Crippen LogP contribution in [0.3, 0.4) is 0 Å². The van der Waals surface area contributed by atoms with Crippen molar-refractivity contribution in [2.45, 2.75) is 38.4 Å². The smallest absolute Gasteiger partial charge is 0.253 e. The fraction of sp³-hybridized carbons (Fsp3) is 0.900. The molecule has 4 nitrogen and oxygen atoms in total. The van der Waals surface area contributed by atoms with Gasteiger partial charge in [-0.2, -0.15) is 0 Å². The molecule has 1 aliphatic rings. The maximum atomic E-state index is 11.6. The van der Waals surface area contributed by atoms with Gasteiger partial charge in [0.25, 0.3) is 5.91 Å². The lowest BCUT2D eigenvalue weighted by atomic mass is 10.0. The summed E-state index contributed by atoms with van der Waals surface area (Å²) >= 11 is 0. The van der Waals surface area contributed by atoms with Gasteiger partial charge in [-0.15, -0.1) is 0 Å². The molecule has 1 heterocycles. The molecule has 0 radical (unpaired) electrons.